The highest BCUT2D eigenvalue weighted by Crippen LogP contribution is 2.28. The minimum atomic E-state index is 0.106. The number of halogens is 2. The molecule has 1 amide bonds. The van der Waals surface area contributed by atoms with Crippen LogP contribution in [0, 0.1) is 29.3 Å². The van der Waals surface area contributed by atoms with Crippen LogP contribution in [0.2, 0.25) is 5.15 Å². The Morgan fingerprint density at radius 3 is 2.69 bits per heavy atom. The van der Waals surface area contributed by atoms with Crippen LogP contribution < -0.4 is 5.73 Å². The number of nitrogens with zero attached hydrogens (tertiary/aromatic N) is 5. The molecule has 0 unspecified atom stereocenters. The summed E-state index contributed by atoms with van der Waals surface area (Å²) >= 11 is 8.75. The number of fused-ring (bicyclic) bond motifs is 1. The van der Waals surface area contributed by atoms with E-state index in [2.05, 4.69) is 56.3 Å². The van der Waals surface area contributed by atoms with Crippen LogP contribution in [0.5, 0.6) is 0 Å². The van der Waals surface area contributed by atoms with Crippen molar-refractivity contribution in [3.05, 3.63) is 43.5 Å². The molecular formula is C23H26ClIN6O. The molecule has 7 nitrogen and oxygen atoms in total. The number of hydrogen-bond acceptors (Lipinski definition) is 5. The Bertz CT molecular complexity index is 1220. The molecule has 32 heavy (non-hydrogen) atoms. The molecule has 9 heteroatoms. The largest absolute Gasteiger partial charge is 0.368 e. The summed E-state index contributed by atoms with van der Waals surface area (Å²) in [5, 5.41) is 0.917. The third kappa shape index (κ3) is 5.15. The second-order valence-electron chi connectivity index (χ2n) is 7.44. The van der Waals surface area contributed by atoms with Crippen molar-refractivity contribution >= 4 is 57.1 Å². The Morgan fingerprint density at radius 1 is 1.28 bits per heavy atom. The van der Waals surface area contributed by atoms with E-state index in [1.54, 1.807) is 4.90 Å². The Labute approximate surface area is 206 Å². The predicted molar refractivity (Wildman–Crippen MR) is 137 cm³/mol. The first-order valence-corrected chi connectivity index (χ1v) is 11.9. The van der Waals surface area contributed by atoms with E-state index in [0.717, 1.165) is 16.8 Å². The van der Waals surface area contributed by atoms with Gasteiger partial charge in [0.25, 0.3) is 0 Å². The molecule has 0 saturated heterocycles. The van der Waals surface area contributed by atoms with Gasteiger partial charge < -0.3 is 15.2 Å². The van der Waals surface area contributed by atoms with Crippen LogP contribution in [0.4, 0.5) is 5.95 Å². The van der Waals surface area contributed by atoms with Crippen LogP contribution in [0.25, 0.3) is 11.0 Å². The minimum absolute atomic E-state index is 0.106. The van der Waals surface area contributed by atoms with E-state index in [4.69, 9.17) is 17.3 Å². The van der Waals surface area contributed by atoms with Crippen molar-refractivity contribution in [3.8, 4) is 11.8 Å². The predicted octanol–water partition coefficient (Wildman–Crippen LogP) is 4.33. The normalized spacial score (nSPS) is 10.8. The number of hydrogen-bond donors (Lipinski definition) is 1. The summed E-state index contributed by atoms with van der Waals surface area (Å²) in [4.78, 5) is 27.1. The first kappa shape index (κ1) is 24.3. The highest BCUT2D eigenvalue weighted by Gasteiger charge is 2.16. The molecule has 0 aliphatic rings. The van der Waals surface area contributed by atoms with Crippen molar-refractivity contribution in [2.24, 2.45) is 0 Å². The molecule has 0 aromatic carbocycles. The Kier molecular flexibility index (Phi) is 7.96. The molecule has 0 bridgehead atoms. The standard InChI is InChI=1S/C23H26ClIN6O/c1-5-30(6-2)18(32)10-8-7-9-16-12-31(22-19(16)21(24)28-23(26)29-22)13-17-15(4)20(25)14(3)11-27-17/h11-12H,5-6,8,10,13H2,1-4H3,(H2,26,28,29). The summed E-state index contributed by atoms with van der Waals surface area (Å²) in [7, 11) is 0. The quantitative estimate of drug-likeness (QED) is 0.273. The lowest BCUT2D eigenvalue weighted by Crippen LogP contribution is -2.30. The van der Waals surface area contributed by atoms with Crippen molar-refractivity contribution in [3.63, 3.8) is 0 Å². The van der Waals surface area contributed by atoms with E-state index in [0.29, 0.717) is 49.1 Å². The number of rotatable bonds is 6. The van der Waals surface area contributed by atoms with Gasteiger partial charge in [-0.05, 0) is 61.4 Å². The summed E-state index contributed by atoms with van der Waals surface area (Å²) in [6, 6.07) is 0. The van der Waals surface area contributed by atoms with Gasteiger partial charge >= 0.3 is 0 Å². The van der Waals surface area contributed by atoms with Gasteiger partial charge in [0.05, 0.1) is 23.2 Å². The molecular weight excluding hydrogens is 539 g/mol. The molecule has 3 rings (SSSR count). The molecule has 0 fully saturated rings. The van der Waals surface area contributed by atoms with Crippen molar-refractivity contribution < 1.29 is 4.79 Å². The van der Waals surface area contributed by atoms with Gasteiger partial charge in [-0.3, -0.25) is 9.78 Å². The summed E-state index contributed by atoms with van der Waals surface area (Å²) in [6.45, 7) is 9.97. The van der Waals surface area contributed by atoms with Crippen molar-refractivity contribution in [1.82, 2.24) is 24.4 Å². The minimum Gasteiger partial charge on any atom is -0.368 e. The maximum atomic E-state index is 12.2. The maximum Gasteiger partial charge on any atom is 0.223 e. The molecule has 3 heterocycles. The zero-order valence-corrected chi connectivity index (χ0v) is 21.6. The lowest BCUT2D eigenvalue weighted by molar-refractivity contribution is -0.130. The van der Waals surface area contributed by atoms with Gasteiger partial charge in [-0.2, -0.15) is 4.98 Å². The van der Waals surface area contributed by atoms with Gasteiger partial charge in [-0.25, -0.2) is 4.98 Å². The molecule has 3 aromatic heterocycles. The van der Waals surface area contributed by atoms with E-state index in [9.17, 15) is 4.79 Å². The number of carbonyl (C=O) groups is 1. The lowest BCUT2D eigenvalue weighted by atomic mass is 10.1. The average Bonchev–Trinajstić information content (AvgIpc) is 3.10. The average molecular weight is 565 g/mol. The van der Waals surface area contributed by atoms with E-state index in [-0.39, 0.29) is 17.0 Å². The second kappa shape index (κ2) is 10.5. The van der Waals surface area contributed by atoms with E-state index in [1.807, 2.05) is 37.7 Å². The number of nitrogen functional groups attached to an aromatic ring is 1. The van der Waals surface area contributed by atoms with Crippen molar-refractivity contribution in [1.29, 1.82) is 0 Å². The highest BCUT2D eigenvalue weighted by atomic mass is 127. The number of aryl methyl sites for hydroxylation is 1. The van der Waals surface area contributed by atoms with E-state index < -0.39 is 0 Å². The van der Waals surface area contributed by atoms with Crippen LogP contribution in [-0.4, -0.2) is 43.4 Å². The van der Waals surface area contributed by atoms with Crippen LogP contribution >= 0.6 is 34.2 Å². The summed E-state index contributed by atoms with van der Waals surface area (Å²) in [5.41, 5.74) is 10.4. The first-order chi connectivity index (χ1) is 15.3. The van der Waals surface area contributed by atoms with Crippen LogP contribution in [0.15, 0.2) is 12.4 Å². The molecule has 3 aromatic rings. The summed E-state index contributed by atoms with van der Waals surface area (Å²) < 4.78 is 3.14. The molecule has 0 aliphatic heterocycles. The zero-order chi connectivity index (χ0) is 23.4. The topological polar surface area (TPSA) is 89.9 Å². The maximum absolute atomic E-state index is 12.2. The fourth-order valence-corrected chi connectivity index (χ4v) is 4.23. The van der Waals surface area contributed by atoms with Crippen molar-refractivity contribution in [2.45, 2.75) is 47.1 Å². The van der Waals surface area contributed by atoms with Gasteiger partial charge in [0.2, 0.25) is 11.9 Å². The number of pyridine rings is 1. The molecule has 0 atom stereocenters. The Balaban J connectivity index is 1.94. The monoisotopic (exact) mass is 564 g/mol. The number of anilines is 1. The number of nitrogens with two attached hydrogens (primary N) is 1. The smallest absolute Gasteiger partial charge is 0.223 e. The Morgan fingerprint density at radius 2 is 2.00 bits per heavy atom. The first-order valence-electron chi connectivity index (χ1n) is 10.5. The number of amides is 1. The van der Waals surface area contributed by atoms with Crippen LogP contribution in [0.1, 0.15) is 49.1 Å². The van der Waals surface area contributed by atoms with Crippen molar-refractivity contribution in [2.75, 3.05) is 18.8 Å². The SMILES string of the molecule is CCN(CC)C(=O)CCC#Cc1cn(Cc2ncc(C)c(I)c2C)c2nc(N)nc(Cl)c12. The molecule has 0 spiro atoms. The zero-order valence-electron chi connectivity index (χ0n) is 18.7. The van der Waals surface area contributed by atoms with Crippen LogP contribution in [0.3, 0.4) is 0 Å². The van der Waals surface area contributed by atoms with E-state index >= 15 is 0 Å². The summed E-state index contributed by atoms with van der Waals surface area (Å²) in [6.07, 6.45) is 4.62. The third-order valence-electron chi connectivity index (χ3n) is 5.33. The fourth-order valence-electron chi connectivity index (χ4n) is 3.51. The van der Waals surface area contributed by atoms with Gasteiger partial charge in [0.15, 0.2) is 0 Å². The van der Waals surface area contributed by atoms with Gasteiger partial charge in [0, 0.05) is 41.9 Å². The van der Waals surface area contributed by atoms with E-state index in [1.165, 1.54) is 3.57 Å². The lowest BCUT2D eigenvalue weighted by Gasteiger charge is -2.17. The Hall–Kier alpha value is -2.38. The number of carbonyl (C=O) groups excluding carboxylic acids is 1. The van der Waals surface area contributed by atoms with Gasteiger partial charge in [-0.1, -0.05) is 23.4 Å². The number of aromatic nitrogens is 4. The molecule has 0 aliphatic carbocycles. The highest BCUT2D eigenvalue weighted by molar-refractivity contribution is 14.1. The fraction of sp³-hybridized carbons (Fsp3) is 0.391. The molecule has 0 saturated carbocycles. The van der Waals surface area contributed by atoms with Gasteiger partial charge in [-0.15, -0.1) is 0 Å². The third-order valence-corrected chi connectivity index (χ3v) is 7.27. The molecule has 2 N–H and O–H groups in total. The summed E-state index contributed by atoms with van der Waals surface area (Å²) in [5.74, 6) is 6.47. The molecule has 168 valence electrons. The molecule has 0 radical (unpaired) electrons. The second-order valence-corrected chi connectivity index (χ2v) is 8.87. The van der Waals surface area contributed by atoms with Crippen LogP contribution in [-0.2, 0) is 11.3 Å². The van der Waals surface area contributed by atoms with Gasteiger partial charge in [0.1, 0.15) is 10.8 Å².